The summed E-state index contributed by atoms with van der Waals surface area (Å²) in [7, 11) is 0. The Morgan fingerprint density at radius 3 is 2.18 bits per heavy atom. The highest BCUT2D eigenvalue weighted by Crippen LogP contribution is 2.34. The highest BCUT2D eigenvalue weighted by molar-refractivity contribution is 7.99. The van der Waals surface area contributed by atoms with Crippen LogP contribution in [0.5, 0.6) is 5.75 Å². The summed E-state index contributed by atoms with van der Waals surface area (Å²) in [4.78, 5) is 13.9. The molecule has 8 heteroatoms. The first-order chi connectivity index (χ1) is 13.2. The molecule has 0 atom stereocenters. The van der Waals surface area contributed by atoms with E-state index in [0.29, 0.717) is 11.4 Å². The lowest BCUT2D eigenvalue weighted by Crippen LogP contribution is -2.13. The van der Waals surface area contributed by atoms with E-state index < -0.39 is 17.6 Å². The SMILES string of the molecule is Nc1cc(NC(=O)c2ccc(C(F)(F)F)cc2)ccc1Sc1ccc(O)cc1. The van der Waals surface area contributed by atoms with Crippen LogP contribution in [0.3, 0.4) is 0 Å². The molecule has 0 aliphatic heterocycles. The second-order valence-corrected chi connectivity index (χ2v) is 6.99. The normalized spacial score (nSPS) is 11.2. The number of alkyl halides is 3. The van der Waals surface area contributed by atoms with Crippen molar-refractivity contribution in [2.45, 2.75) is 16.0 Å². The molecule has 4 nitrogen and oxygen atoms in total. The quantitative estimate of drug-likeness (QED) is 0.509. The Balaban J connectivity index is 1.70. The summed E-state index contributed by atoms with van der Waals surface area (Å²) in [6.07, 6.45) is -4.45. The fraction of sp³-hybridized carbons (Fsp3) is 0.0500. The van der Waals surface area contributed by atoms with Crippen LogP contribution in [-0.2, 0) is 6.18 Å². The summed E-state index contributed by atoms with van der Waals surface area (Å²) in [6.45, 7) is 0. The van der Waals surface area contributed by atoms with Gasteiger partial charge in [-0.15, -0.1) is 0 Å². The number of nitrogens with one attached hydrogen (secondary N) is 1. The molecule has 0 heterocycles. The van der Waals surface area contributed by atoms with Crippen LogP contribution in [0.4, 0.5) is 24.5 Å². The van der Waals surface area contributed by atoms with Gasteiger partial charge in [0.15, 0.2) is 0 Å². The van der Waals surface area contributed by atoms with Crippen molar-refractivity contribution in [2.24, 2.45) is 0 Å². The molecular weight excluding hydrogens is 389 g/mol. The molecule has 0 aromatic heterocycles. The van der Waals surface area contributed by atoms with E-state index in [-0.39, 0.29) is 11.3 Å². The predicted molar refractivity (Wildman–Crippen MR) is 102 cm³/mol. The number of anilines is 2. The molecule has 0 saturated carbocycles. The van der Waals surface area contributed by atoms with Gasteiger partial charge in [0.1, 0.15) is 5.75 Å². The molecule has 0 unspecified atom stereocenters. The largest absolute Gasteiger partial charge is 0.508 e. The molecule has 0 spiro atoms. The number of halogens is 3. The number of nitrogens with two attached hydrogens (primary N) is 1. The Morgan fingerprint density at radius 1 is 0.964 bits per heavy atom. The van der Waals surface area contributed by atoms with Gasteiger partial charge in [0, 0.05) is 26.7 Å². The van der Waals surface area contributed by atoms with Gasteiger partial charge in [0.2, 0.25) is 0 Å². The van der Waals surface area contributed by atoms with E-state index in [0.717, 1.165) is 34.1 Å². The monoisotopic (exact) mass is 404 g/mol. The van der Waals surface area contributed by atoms with Crippen molar-refractivity contribution in [3.63, 3.8) is 0 Å². The maximum atomic E-state index is 12.6. The lowest BCUT2D eigenvalue weighted by Gasteiger charge is -2.11. The van der Waals surface area contributed by atoms with Gasteiger partial charge < -0.3 is 16.2 Å². The number of nitrogen functional groups attached to an aromatic ring is 1. The maximum Gasteiger partial charge on any atom is 0.416 e. The summed E-state index contributed by atoms with van der Waals surface area (Å²) in [5.74, 6) is -0.370. The van der Waals surface area contributed by atoms with Crippen molar-refractivity contribution in [1.82, 2.24) is 0 Å². The van der Waals surface area contributed by atoms with Gasteiger partial charge in [-0.2, -0.15) is 13.2 Å². The number of hydrogen-bond acceptors (Lipinski definition) is 4. The van der Waals surface area contributed by atoms with E-state index in [9.17, 15) is 23.1 Å². The van der Waals surface area contributed by atoms with Crippen molar-refractivity contribution < 1.29 is 23.1 Å². The van der Waals surface area contributed by atoms with E-state index in [4.69, 9.17) is 5.73 Å². The Kier molecular flexibility index (Phi) is 5.51. The fourth-order valence-electron chi connectivity index (χ4n) is 2.37. The molecule has 0 saturated heterocycles. The van der Waals surface area contributed by atoms with Crippen LogP contribution in [0.15, 0.2) is 76.5 Å². The molecular formula is C20H15F3N2O2S. The van der Waals surface area contributed by atoms with Gasteiger partial charge in [-0.05, 0) is 66.7 Å². The lowest BCUT2D eigenvalue weighted by molar-refractivity contribution is -0.137. The van der Waals surface area contributed by atoms with Crippen molar-refractivity contribution >= 4 is 29.0 Å². The zero-order valence-electron chi connectivity index (χ0n) is 14.3. The topological polar surface area (TPSA) is 75.3 Å². The van der Waals surface area contributed by atoms with Gasteiger partial charge in [0.05, 0.1) is 5.56 Å². The number of carbonyl (C=O) groups is 1. The number of phenols is 1. The second kappa shape index (κ2) is 7.85. The maximum absolute atomic E-state index is 12.6. The predicted octanol–water partition coefficient (Wildman–Crippen LogP) is 5.40. The van der Waals surface area contributed by atoms with Crippen LogP contribution in [0, 0.1) is 0 Å². The Morgan fingerprint density at radius 2 is 1.61 bits per heavy atom. The summed E-state index contributed by atoms with van der Waals surface area (Å²) in [6, 6.07) is 15.6. The van der Waals surface area contributed by atoms with Crippen molar-refractivity contribution in [3.05, 3.63) is 77.9 Å². The molecule has 3 aromatic carbocycles. The number of aromatic hydroxyl groups is 1. The third kappa shape index (κ3) is 4.77. The van der Waals surface area contributed by atoms with Gasteiger partial charge >= 0.3 is 6.18 Å². The van der Waals surface area contributed by atoms with Crippen LogP contribution >= 0.6 is 11.8 Å². The molecule has 3 rings (SSSR count). The Labute approximate surface area is 163 Å². The Bertz CT molecular complexity index is 988. The third-order valence-electron chi connectivity index (χ3n) is 3.81. The summed E-state index contributed by atoms with van der Waals surface area (Å²) in [5, 5.41) is 11.9. The molecule has 0 radical (unpaired) electrons. The highest BCUT2D eigenvalue weighted by atomic mass is 32.2. The summed E-state index contributed by atoms with van der Waals surface area (Å²) in [5.41, 5.74) is 6.19. The molecule has 0 aliphatic rings. The summed E-state index contributed by atoms with van der Waals surface area (Å²) >= 11 is 1.40. The van der Waals surface area contributed by atoms with Gasteiger partial charge in [-0.1, -0.05) is 11.8 Å². The molecule has 1 amide bonds. The smallest absolute Gasteiger partial charge is 0.416 e. The van der Waals surface area contributed by atoms with E-state index >= 15 is 0 Å². The average Bonchev–Trinajstić information content (AvgIpc) is 2.65. The second-order valence-electron chi connectivity index (χ2n) is 5.88. The average molecular weight is 404 g/mol. The molecule has 4 N–H and O–H groups in total. The number of hydrogen-bond donors (Lipinski definition) is 3. The van der Waals surface area contributed by atoms with Crippen molar-refractivity contribution in [3.8, 4) is 5.75 Å². The minimum Gasteiger partial charge on any atom is -0.508 e. The number of carbonyl (C=O) groups excluding carboxylic acids is 1. The van der Waals surface area contributed by atoms with Crippen molar-refractivity contribution in [1.29, 1.82) is 0 Å². The number of amides is 1. The molecule has 3 aromatic rings. The van der Waals surface area contributed by atoms with E-state index in [2.05, 4.69) is 5.32 Å². The molecule has 0 aliphatic carbocycles. The minimum absolute atomic E-state index is 0.106. The first-order valence-electron chi connectivity index (χ1n) is 8.07. The van der Waals surface area contributed by atoms with E-state index in [1.807, 2.05) is 0 Å². The summed E-state index contributed by atoms with van der Waals surface area (Å²) < 4.78 is 37.8. The molecule has 0 bridgehead atoms. The van der Waals surface area contributed by atoms with Crippen LogP contribution < -0.4 is 11.1 Å². The molecule has 0 fully saturated rings. The van der Waals surface area contributed by atoms with Crippen molar-refractivity contribution in [2.75, 3.05) is 11.1 Å². The fourth-order valence-corrected chi connectivity index (χ4v) is 3.21. The third-order valence-corrected chi connectivity index (χ3v) is 4.91. The number of benzene rings is 3. The number of rotatable bonds is 4. The van der Waals surface area contributed by atoms with Crippen LogP contribution in [0.1, 0.15) is 15.9 Å². The van der Waals surface area contributed by atoms with Crippen LogP contribution in [0.25, 0.3) is 0 Å². The highest BCUT2D eigenvalue weighted by Gasteiger charge is 2.30. The first-order valence-corrected chi connectivity index (χ1v) is 8.89. The van der Waals surface area contributed by atoms with Crippen LogP contribution in [0.2, 0.25) is 0 Å². The molecule has 144 valence electrons. The standard InChI is InChI=1S/C20H15F3N2O2S/c21-20(22,23)13-3-1-12(2-4-13)19(27)25-14-5-10-18(17(24)11-14)28-16-8-6-15(26)7-9-16/h1-11,26H,24H2,(H,25,27). The lowest BCUT2D eigenvalue weighted by atomic mass is 10.1. The first kappa shape index (κ1) is 19.6. The zero-order chi connectivity index (χ0) is 20.3. The molecule has 28 heavy (non-hydrogen) atoms. The van der Waals surface area contributed by atoms with E-state index in [1.54, 1.807) is 42.5 Å². The van der Waals surface area contributed by atoms with E-state index in [1.165, 1.54) is 11.8 Å². The van der Waals surface area contributed by atoms with Crippen LogP contribution in [-0.4, -0.2) is 11.0 Å². The van der Waals surface area contributed by atoms with Gasteiger partial charge in [0.25, 0.3) is 5.91 Å². The number of phenolic OH excluding ortho intramolecular Hbond substituents is 1. The Hall–Kier alpha value is -3.13. The van der Waals surface area contributed by atoms with Gasteiger partial charge in [-0.25, -0.2) is 0 Å². The zero-order valence-corrected chi connectivity index (χ0v) is 15.1. The van der Waals surface area contributed by atoms with Gasteiger partial charge in [-0.3, -0.25) is 4.79 Å². The minimum atomic E-state index is -4.45.